The van der Waals surface area contributed by atoms with Crippen molar-refractivity contribution in [1.29, 1.82) is 0 Å². The maximum Gasteiger partial charge on any atom is 0.279 e. The molecule has 0 saturated carbocycles. The molecule has 3 heterocycles. The molecule has 4 atom stereocenters. The lowest BCUT2D eigenvalue weighted by Crippen LogP contribution is -2.45. The number of halogens is 1. The molecule has 1 fully saturated rings. The van der Waals surface area contributed by atoms with Crippen LogP contribution >= 0.6 is 0 Å². The summed E-state index contributed by atoms with van der Waals surface area (Å²) in [6, 6.07) is 22.2. The molecule has 0 unspecified atom stereocenters. The van der Waals surface area contributed by atoms with Gasteiger partial charge in [0, 0.05) is 36.7 Å². The number of carbonyl (C=O) groups excluding carboxylic acids is 2. The standard InChI is InChI=1S/C42H51FN4O5Si/c1-28(2)13-12-14-29(3)21-22-46-36-20-19-32(47-40(50)33-17-10-11-18-35(33)44-47)25-34(36)42(41(46)51)30(4)39(53(5,6)43)37(52-42)26-38(49)45(23-24-48)27-31-15-8-7-9-16-31/h7-11,13,15-21,25,30,37,39,44,48H,12,14,22-24,26-27H2,1-6H3/b29-21+/t30-,37+,39-,42+/m1/s1. The van der Waals surface area contributed by atoms with Crippen LogP contribution in [-0.2, 0) is 26.5 Å². The van der Waals surface area contributed by atoms with Gasteiger partial charge < -0.3 is 23.8 Å². The van der Waals surface area contributed by atoms with Gasteiger partial charge in [0.15, 0.2) is 5.60 Å². The van der Waals surface area contributed by atoms with Crippen molar-refractivity contribution in [3.63, 3.8) is 0 Å². The molecule has 0 radical (unpaired) electrons. The van der Waals surface area contributed by atoms with Crippen LogP contribution in [0.3, 0.4) is 0 Å². The maximum absolute atomic E-state index is 16.6. The first kappa shape index (κ1) is 38.2. The molecular formula is C42H51FN4O5Si. The molecule has 1 spiro atoms. The van der Waals surface area contributed by atoms with Crippen LogP contribution in [0, 0.1) is 5.92 Å². The number of aliphatic hydroxyl groups excluding tert-OH is 1. The summed E-state index contributed by atoms with van der Waals surface area (Å²) in [5, 5.41) is 13.6. The normalized spacial score (nSPS) is 21.4. The van der Waals surface area contributed by atoms with Crippen molar-refractivity contribution in [2.75, 3.05) is 24.6 Å². The number of carbonyl (C=O) groups is 2. The van der Waals surface area contributed by atoms with E-state index >= 15 is 8.90 Å². The van der Waals surface area contributed by atoms with Gasteiger partial charge in [-0.1, -0.05) is 72.7 Å². The van der Waals surface area contributed by atoms with Crippen LogP contribution in [0.2, 0.25) is 18.6 Å². The molecule has 0 bridgehead atoms. The second kappa shape index (κ2) is 15.4. The average molecular weight is 739 g/mol. The largest absolute Gasteiger partial charge is 0.395 e. The first-order valence-electron chi connectivity index (χ1n) is 18.5. The number of para-hydroxylation sites is 1. The molecule has 1 saturated heterocycles. The Balaban J connectivity index is 1.42. The molecule has 3 aromatic carbocycles. The van der Waals surface area contributed by atoms with E-state index in [2.05, 4.69) is 38.0 Å². The minimum atomic E-state index is -3.58. The molecule has 4 aromatic rings. The van der Waals surface area contributed by atoms with Gasteiger partial charge in [-0.15, -0.1) is 0 Å². The highest BCUT2D eigenvalue weighted by Gasteiger charge is 2.67. The van der Waals surface area contributed by atoms with Crippen LogP contribution in [0.15, 0.2) is 101 Å². The highest BCUT2D eigenvalue weighted by atomic mass is 28.4. The third kappa shape index (κ3) is 7.47. The SMILES string of the molecule is CC(C)=CCC/C(C)=C/CN1C(=O)[C@@]2(O[C@@H](CC(=O)N(CCO)Cc3ccccc3)[C@H]([Si](C)(C)F)[C@H]2C)c2cc(-n3[nH]c4ccccc4c3=O)ccc21. The Morgan fingerprint density at radius 3 is 2.43 bits per heavy atom. The minimum Gasteiger partial charge on any atom is -0.395 e. The molecular weight excluding hydrogens is 688 g/mol. The van der Waals surface area contributed by atoms with E-state index in [1.54, 1.807) is 29.0 Å². The number of aromatic amines is 1. The summed E-state index contributed by atoms with van der Waals surface area (Å²) in [4.78, 5) is 45.8. The van der Waals surface area contributed by atoms with E-state index in [1.165, 1.54) is 10.3 Å². The first-order chi connectivity index (χ1) is 25.3. The number of H-pyrrole nitrogens is 1. The minimum absolute atomic E-state index is 0.111. The lowest BCUT2D eigenvalue weighted by atomic mass is 9.82. The molecule has 11 heteroatoms. The molecule has 53 heavy (non-hydrogen) atoms. The number of hydrogen-bond acceptors (Lipinski definition) is 5. The Labute approximate surface area is 311 Å². The number of rotatable bonds is 13. The highest BCUT2D eigenvalue weighted by Crippen LogP contribution is 2.60. The van der Waals surface area contributed by atoms with Gasteiger partial charge >= 0.3 is 0 Å². The number of allylic oxidation sites excluding steroid dienone is 3. The summed E-state index contributed by atoms with van der Waals surface area (Å²) in [6.45, 7) is 11.8. The Bertz CT molecular complexity index is 2100. The average Bonchev–Trinajstić information content (AvgIpc) is 3.70. The number of nitrogens with zero attached hydrogens (tertiary/aromatic N) is 3. The number of amides is 2. The Kier molecular flexibility index (Phi) is 11.1. The number of fused-ring (bicyclic) bond motifs is 3. The van der Waals surface area contributed by atoms with E-state index in [1.807, 2.05) is 73.7 Å². The highest BCUT2D eigenvalue weighted by molar-refractivity contribution is 6.72. The van der Waals surface area contributed by atoms with Crippen molar-refractivity contribution in [3.8, 4) is 5.69 Å². The van der Waals surface area contributed by atoms with Crippen molar-refractivity contribution >= 4 is 36.8 Å². The molecule has 2 N–H and O–H groups in total. The molecule has 0 aliphatic carbocycles. The lowest BCUT2D eigenvalue weighted by molar-refractivity contribution is -0.149. The fourth-order valence-corrected chi connectivity index (χ4v) is 10.7. The van der Waals surface area contributed by atoms with Gasteiger partial charge in [-0.3, -0.25) is 19.5 Å². The van der Waals surface area contributed by atoms with Crippen molar-refractivity contribution in [1.82, 2.24) is 14.7 Å². The smallest absolute Gasteiger partial charge is 0.279 e. The van der Waals surface area contributed by atoms with Gasteiger partial charge in [0.25, 0.3) is 11.5 Å². The van der Waals surface area contributed by atoms with Crippen LogP contribution in [-0.4, -0.2) is 65.8 Å². The Hall–Kier alpha value is -4.58. The molecule has 2 aliphatic heterocycles. The van der Waals surface area contributed by atoms with Crippen molar-refractivity contribution < 1.29 is 23.5 Å². The second-order valence-electron chi connectivity index (χ2n) is 15.3. The van der Waals surface area contributed by atoms with Crippen LogP contribution in [0.1, 0.15) is 58.1 Å². The van der Waals surface area contributed by atoms with Crippen LogP contribution in [0.5, 0.6) is 0 Å². The topological polar surface area (TPSA) is 108 Å². The number of benzene rings is 3. The van der Waals surface area contributed by atoms with Crippen LogP contribution in [0.25, 0.3) is 16.6 Å². The van der Waals surface area contributed by atoms with Gasteiger partial charge in [0.05, 0.1) is 41.4 Å². The van der Waals surface area contributed by atoms with E-state index in [0.717, 1.165) is 24.0 Å². The first-order valence-corrected chi connectivity index (χ1v) is 21.5. The summed E-state index contributed by atoms with van der Waals surface area (Å²) in [7, 11) is -3.58. The van der Waals surface area contributed by atoms with Gasteiger partial charge in [-0.05, 0) is 82.6 Å². The summed E-state index contributed by atoms with van der Waals surface area (Å²) >= 11 is 0. The fourth-order valence-electron chi connectivity index (χ4n) is 8.25. The van der Waals surface area contributed by atoms with Crippen LogP contribution in [0.4, 0.5) is 9.80 Å². The number of ether oxygens (including phenoxy) is 1. The monoisotopic (exact) mass is 738 g/mol. The quantitative estimate of drug-likeness (QED) is 0.0838. The van der Waals surface area contributed by atoms with Crippen molar-refractivity contribution in [2.45, 2.75) is 83.8 Å². The van der Waals surface area contributed by atoms with E-state index in [9.17, 15) is 14.7 Å². The second-order valence-corrected chi connectivity index (χ2v) is 19.1. The maximum atomic E-state index is 16.6. The predicted molar refractivity (Wildman–Crippen MR) is 210 cm³/mol. The van der Waals surface area contributed by atoms with E-state index in [-0.39, 0.29) is 43.5 Å². The van der Waals surface area contributed by atoms with Crippen LogP contribution < -0.4 is 10.5 Å². The fraction of sp³-hybridized carbons (Fsp3) is 0.405. The van der Waals surface area contributed by atoms with E-state index < -0.39 is 31.6 Å². The Morgan fingerprint density at radius 2 is 1.75 bits per heavy atom. The summed E-state index contributed by atoms with van der Waals surface area (Å²) in [5.74, 6) is -1.21. The summed E-state index contributed by atoms with van der Waals surface area (Å²) < 4.78 is 25.0. The number of anilines is 1. The van der Waals surface area contributed by atoms with Gasteiger partial charge in [-0.25, -0.2) is 4.68 Å². The van der Waals surface area contributed by atoms with Gasteiger partial charge in [0.1, 0.15) is 0 Å². The number of aliphatic hydroxyl groups is 1. The van der Waals surface area contributed by atoms with Gasteiger partial charge in [0.2, 0.25) is 14.3 Å². The predicted octanol–water partition coefficient (Wildman–Crippen LogP) is 7.54. The van der Waals surface area contributed by atoms with Crippen molar-refractivity contribution in [3.05, 3.63) is 118 Å². The third-order valence-corrected chi connectivity index (χ3v) is 13.3. The van der Waals surface area contributed by atoms with Gasteiger partial charge in [-0.2, -0.15) is 0 Å². The zero-order chi connectivity index (χ0) is 38.1. The lowest BCUT2D eigenvalue weighted by Gasteiger charge is -2.31. The molecule has 2 amide bonds. The zero-order valence-corrected chi connectivity index (χ0v) is 32.6. The number of hydrogen-bond donors (Lipinski definition) is 2. The Morgan fingerprint density at radius 1 is 1.04 bits per heavy atom. The zero-order valence-electron chi connectivity index (χ0n) is 31.6. The van der Waals surface area contributed by atoms with Crippen molar-refractivity contribution in [2.24, 2.45) is 5.92 Å². The van der Waals surface area contributed by atoms with E-state index in [0.29, 0.717) is 34.4 Å². The summed E-state index contributed by atoms with van der Waals surface area (Å²) in [5.41, 5.74) is 3.18. The third-order valence-electron chi connectivity index (χ3n) is 10.8. The number of aromatic nitrogens is 2. The van der Waals surface area contributed by atoms with E-state index in [4.69, 9.17) is 4.74 Å². The number of nitrogens with one attached hydrogen (secondary N) is 1. The molecule has 6 rings (SSSR count). The molecule has 9 nitrogen and oxygen atoms in total. The molecule has 1 aromatic heterocycles. The summed E-state index contributed by atoms with van der Waals surface area (Å²) in [6.07, 6.45) is 4.96. The molecule has 2 aliphatic rings. The molecule has 280 valence electrons.